The first-order valence-corrected chi connectivity index (χ1v) is 7.93. The zero-order valence-corrected chi connectivity index (χ0v) is 13.7. The van der Waals surface area contributed by atoms with E-state index in [1.165, 1.54) is 12.1 Å². The van der Waals surface area contributed by atoms with E-state index in [0.29, 0.717) is 11.4 Å². The van der Waals surface area contributed by atoms with E-state index in [0.717, 1.165) is 24.1 Å². The fourth-order valence-electron chi connectivity index (χ4n) is 2.36. The molecule has 23 heavy (non-hydrogen) atoms. The molecule has 0 aliphatic carbocycles. The Morgan fingerprint density at radius 3 is 2.52 bits per heavy atom. The molecule has 0 aliphatic heterocycles. The molecule has 0 spiro atoms. The maximum absolute atomic E-state index is 13.2. The predicted molar refractivity (Wildman–Crippen MR) is 91.0 cm³/mol. The van der Waals surface area contributed by atoms with Gasteiger partial charge in [0.05, 0.1) is 6.04 Å². The van der Waals surface area contributed by atoms with Gasteiger partial charge in [-0.3, -0.25) is 4.79 Å². The van der Waals surface area contributed by atoms with E-state index in [-0.39, 0.29) is 11.7 Å². The Kier molecular flexibility index (Phi) is 6.56. The highest BCUT2D eigenvalue weighted by atomic mass is 35.5. The minimum atomic E-state index is -0.397. The van der Waals surface area contributed by atoms with Gasteiger partial charge in [-0.2, -0.15) is 0 Å². The summed E-state index contributed by atoms with van der Waals surface area (Å²) >= 11 is 6.28. The third-order valence-corrected chi connectivity index (χ3v) is 3.90. The van der Waals surface area contributed by atoms with Crippen molar-refractivity contribution in [3.63, 3.8) is 0 Å². The molecule has 3 nitrogen and oxygen atoms in total. The van der Waals surface area contributed by atoms with E-state index < -0.39 is 6.04 Å². The molecule has 0 bridgehead atoms. The Balaban J connectivity index is 2.23. The third-order valence-electron chi connectivity index (χ3n) is 3.56. The number of benzene rings is 2. The smallest absolute Gasteiger partial charge is 0.220 e. The largest absolute Gasteiger partial charge is 0.345 e. The molecule has 122 valence electrons. The highest BCUT2D eigenvalue weighted by Gasteiger charge is 2.19. The lowest BCUT2D eigenvalue weighted by Crippen LogP contribution is -2.30. The zero-order chi connectivity index (χ0) is 16.7. The van der Waals surface area contributed by atoms with Crippen LogP contribution in [0.5, 0.6) is 0 Å². The minimum Gasteiger partial charge on any atom is -0.345 e. The lowest BCUT2D eigenvalue weighted by Gasteiger charge is -2.21. The standard InChI is InChI=1S/C18H20ClFN2O/c1-21-12-4-7-17(23)22-18(13-8-10-14(20)11-9-13)15-5-2-3-6-16(15)19/h2-3,5-6,8-11,18,21H,4,7,12H2,1H3,(H,22,23). The first-order chi connectivity index (χ1) is 11.1. The van der Waals surface area contributed by atoms with Crippen LogP contribution in [0.2, 0.25) is 5.02 Å². The Labute approximate surface area is 140 Å². The molecule has 0 fully saturated rings. The summed E-state index contributed by atoms with van der Waals surface area (Å²) in [5, 5.41) is 6.57. The van der Waals surface area contributed by atoms with E-state index in [4.69, 9.17) is 11.6 Å². The number of hydrogen-bond donors (Lipinski definition) is 2. The number of amides is 1. The lowest BCUT2D eigenvalue weighted by atomic mass is 9.98. The molecule has 1 atom stereocenters. The number of carbonyl (C=O) groups excluding carboxylic acids is 1. The number of nitrogens with one attached hydrogen (secondary N) is 2. The van der Waals surface area contributed by atoms with Gasteiger partial charge in [0.1, 0.15) is 5.82 Å². The van der Waals surface area contributed by atoms with Crippen molar-refractivity contribution in [1.82, 2.24) is 10.6 Å². The Morgan fingerprint density at radius 1 is 1.17 bits per heavy atom. The molecular weight excluding hydrogens is 315 g/mol. The molecule has 0 aromatic heterocycles. The number of rotatable bonds is 7. The fraction of sp³-hybridized carbons (Fsp3) is 0.278. The quantitative estimate of drug-likeness (QED) is 0.758. The van der Waals surface area contributed by atoms with Gasteiger partial charge in [0.15, 0.2) is 0 Å². The molecule has 2 N–H and O–H groups in total. The summed E-state index contributed by atoms with van der Waals surface area (Å²) in [4.78, 5) is 12.2. The number of carbonyl (C=O) groups is 1. The average Bonchev–Trinajstić information content (AvgIpc) is 2.55. The van der Waals surface area contributed by atoms with Crippen molar-refractivity contribution in [2.45, 2.75) is 18.9 Å². The maximum Gasteiger partial charge on any atom is 0.220 e. The molecule has 1 amide bonds. The van der Waals surface area contributed by atoms with E-state index in [1.54, 1.807) is 18.2 Å². The van der Waals surface area contributed by atoms with Crippen molar-refractivity contribution >= 4 is 17.5 Å². The Bertz CT molecular complexity index is 646. The number of halogens is 2. The lowest BCUT2D eigenvalue weighted by molar-refractivity contribution is -0.121. The summed E-state index contributed by atoms with van der Waals surface area (Å²) in [6.45, 7) is 0.779. The SMILES string of the molecule is CNCCCC(=O)NC(c1ccc(F)cc1)c1ccccc1Cl. The van der Waals surface area contributed by atoms with Crippen molar-refractivity contribution < 1.29 is 9.18 Å². The highest BCUT2D eigenvalue weighted by Crippen LogP contribution is 2.28. The van der Waals surface area contributed by atoms with E-state index in [9.17, 15) is 9.18 Å². The summed E-state index contributed by atoms with van der Waals surface area (Å²) in [6, 6.07) is 13.0. The predicted octanol–water partition coefficient (Wildman–Crippen LogP) is 3.68. The molecule has 1 unspecified atom stereocenters. The van der Waals surface area contributed by atoms with Crippen molar-refractivity contribution in [3.8, 4) is 0 Å². The van der Waals surface area contributed by atoms with Crippen LogP contribution in [0.4, 0.5) is 4.39 Å². The molecule has 0 heterocycles. The molecule has 0 aliphatic rings. The van der Waals surface area contributed by atoms with Gasteiger partial charge in [-0.05, 0) is 49.3 Å². The van der Waals surface area contributed by atoms with Crippen LogP contribution in [0.15, 0.2) is 48.5 Å². The first-order valence-electron chi connectivity index (χ1n) is 7.55. The van der Waals surface area contributed by atoms with Crippen LogP contribution < -0.4 is 10.6 Å². The molecule has 2 aromatic carbocycles. The minimum absolute atomic E-state index is 0.0607. The van der Waals surface area contributed by atoms with Gasteiger partial charge in [0.2, 0.25) is 5.91 Å². The summed E-state index contributed by atoms with van der Waals surface area (Å²) in [5.41, 5.74) is 1.59. The van der Waals surface area contributed by atoms with Crippen molar-refractivity contribution in [1.29, 1.82) is 0 Å². The molecule has 0 radical (unpaired) electrons. The second kappa shape index (κ2) is 8.65. The molecule has 5 heteroatoms. The van der Waals surface area contributed by atoms with E-state index in [2.05, 4.69) is 10.6 Å². The van der Waals surface area contributed by atoms with Crippen molar-refractivity contribution in [2.24, 2.45) is 0 Å². The molecule has 0 saturated carbocycles. The Hall–Kier alpha value is -1.91. The number of hydrogen-bond acceptors (Lipinski definition) is 2. The van der Waals surface area contributed by atoms with Gasteiger partial charge in [0.25, 0.3) is 0 Å². The van der Waals surface area contributed by atoms with Gasteiger partial charge in [-0.25, -0.2) is 4.39 Å². The Morgan fingerprint density at radius 2 is 1.87 bits per heavy atom. The second-order valence-corrected chi connectivity index (χ2v) is 5.69. The summed E-state index contributed by atoms with van der Waals surface area (Å²) in [5.74, 6) is -0.374. The van der Waals surface area contributed by atoms with Crippen LogP contribution in [0, 0.1) is 5.82 Å². The second-order valence-electron chi connectivity index (χ2n) is 5.28. The van der Waals surface area contributed by atoms with Gasteiger partial charge in [0, 0.05) is 11.4 Å². The zero-order valence-electron chi connectivity index (χ0n) is 13.0. The van der Waals surface area contributed by atoms with Gasteiger partial charge < -0.3 is 10.6 Å². The van der Waals surface area contributed by atoms with Crippen LogP contribution in [-0.4, -0.2) is 19.5 Å². The molecule has 2 rings (SSSR count). The van der Waals surface area contributed by atoms with Crippen LogP contribution >= 0.6 is 11.6 Å². The average molecular weight is 335 g/mol. The van der Waals surface area contributed by atoms with E-state index >= 15 is 0 Å². The van der Waals surface area contributed by atoms with Gasteiger partial charge in [-0.15, -0.1) is 0 Å². The molecular formula is C18H20ClFN2O. The third kappa shape index (κ3) is 5.05. The maximum atomic E-state index is 13.2. The molecule has 0 saturated heterocycles. The summed E-state index contributed by atoms with van der Waals surface area (Å²) in [7, 11) is 1.85. The van der Waals surface area contributed by atoms with Crippen LogP contribution in [0.3, 0.4) is 0 Å². The molecule has 2 aromatic rings. The topological polar surface area (TPSA) is 41.1 Å². The normalized spacial score (nSPS) is 12.0. The summed E-state index contributed by atoms with van der Waals surface area (Å²) < 4.78 is 13.2. The fourth-order valence-corrected chi connectivity index (χ4v) is 2.61. The van der Waals surface area contributed by atoms with E-state index in [1.807, 2.05) is 25.2 Å². The van der Waals surface area contributed by atoms with Gasteiger partial charge in [-0.1, -0.05) is 41.9 Å². The first kappa shape index (κ1) is 17.4. The highest BCUT2D eigenvalue weighted by molar-refractivity contribution is 6.31. The van der Waals surface area contributed by atoms with Crippen LogP contribution in [-0.2, 0) is 4.79 Å². The van der Waals surface area contributed by atoms with Crippen LogP contribution in [0.1, 0.15) is 30.0 Å². The van der Waals surface area contributed by atoms with Crippen molar-refractivity contribution in [2.75, 3.05) is 13.6 Å². The van der Waals surface area contributed by atoms with Gasteiger partial charge >= 0.3 is 0 Å². The monoisotopic (exact) mass is 334 g/mol. The summed E-state index contributed by atoms with van der Waals surface area (Å²) in [6.07, 6.45) is 1.17. The van der Waals surface area contributed by atoms with Crippen LogP contribution in [0.25, 0.3) is 0 Å². The van der Waals surface area contributed by atoms with Crippen molar-refractivity contribution in [3.05, 3.63) is 70.5 Å².